The lowest BCUT2D eigenvalue weighted by atomic mass is 10.2. The summed E-state index contributed by atoms with van der Waals surface area (Å²) in [4.78, 5) is 11.8. The Balaban J connectivity index is 1.69. The molecule has 0 atom stereocenters. The largest absolute Gasteiger partial charge is 0.351 e. The lowest BCUT2D eigenvalue weighted by molar-refractivity contribution is 0.0950. The summed E-state index contributed by atoms with van der Waals surface area (Å²) in [7, 11) is 0. The molecular weight excluding hydrogens is 303 g/mol. The van der Waals surface area contributed by atoms with Gasteiger partial charge in [-0.15, -0.1) is 10.2 Å². The number of carbonyl (C=O) groups excluding carboxylic acids is 1. The molecule has 0 aliphatic carbocycles. The number of aromatic nitrogens is 2. The van der Waals surface area contributed by atoms with Gasteiger partial charge in [0.05, 0.1) is 5.56 Å². The number of amides is 1. The molecule has 2 aromatic rings. The highest BCUT2D eigenvalue weighted by molar-refractivity contribution is 7.11. The van der Waals surface area contributed by atoms with E-state index in [4.69, 9.17) is 0 Å². The van der Waals surface area contributed by atoms with E-state index in [1.807, 2.05) is 0 Å². The first-order valence-electron chi connectivity index (χ1n) is 7.13. The maximum absolute atomic E-state index is 13.4. The van der Waals surface area contributed by atoms with Crippen molar-refractivity contribution in [2.75, 3.05) is 13.1 Å². The number of hydrogen-bond donors (Lipinski definition) is 2. The highest BCUT2D eigenvalue weighted by Gasteiger charge is 2.10. The zero-order chi connectivity index (χ0) is 15.9. The minimum atomic E-state index is -0.511. The molecule has 2 N–H and O–H groups in total. The van der Waals surface area contributed by atoms with Gasteiger partial charge in [-0.3, -0.25) is 4.79 Å². The summed E-state index contributed by atoms with van der Waals surface area (Å²) in [6.07, 6.45) is 0. The molecule has 0 saturated carbocycles. The number of rotatable bonds is 7. The number of halogens is 1. The fourth-order valence-corrected chi connectivity index (χ4v) is 2.59. The van der Waals surface area contributed by atoms with Crippen LogP contribution in [0, 0.1) is 5.82 Å². The van der Waals surface area contributed by atoms with E-state index in [1.165, 1.54) is 12.1 Å². The minimum absolute atomic E-state index is 0.0631. The van der Waals surface area contributed by atoms with Crippen LogP contribution in [0.2, 0.25) is 0 Å². The lowest BCUT2D eigenvalue weighted by Gasteiger charge is -2.06. The van der Waals surface area contributed by atoms with Gasteiger partial charge in [0.2, 0.25) is 0 Å². The maximum Gasteiger partial charge on any atom is 0.254 e. The Morgan fingerprint density at radius 3 is 2.73 bits per heavy atom. The van der Waals surface area contributed by atoms with Crippen LogP contribution in [-0.2, 0) is 6.54 Å². The third-order valence-electron chi connectivity index (χ3n) is 2.96. The van der Waals surface area contributed by atoms with Crippen LogP contribution in [-0.4, -0.2) is 29.2 Å². The van der Waals surface area contributed by atoms with Gasteiger partial charge in [-0.1, -0.05) is 37.3 Å². The molecular formula is C15H19FN4OS. The van der Waals surface area contributed by atoms with Crippen molar-refractivity contribution in [1.29, 1.82) is 0 Å². The Morgan fingerprint density at radius 2 is 2.05 bits per heavy atom. The van der Waals surface area contributed by atoms with E-state index in [9.17, 15) is 9.18 Å². The van der Waals surface area contributed by atoms with Crippen LogP contribution in [0.4, 0.5) is 4.39 Å². The third kappa shape index (κ3) is 4.57. The molecule has 1 aromatic heterocycles. The van der Waals surface area contributed by atoms with Gasteiger partial charge in [0.15, 0.2) is 0 Å². The first-order chi connectivity index (χ1) is 10.6. The number of nitrogens with zero attached hydrogens (tertiary/aromatic N) is 2. The SMILES string of the molecule is CC(C)c1nnc(CNCCNC(=O)c2ccccc2F)s1. The standard InChI is InChI=1S/C15H19FN4OS/c1-10(2)15-20-19-13(22-15)9-17-7-8-18-14(21)11-5-3-4-6-12(11)16/h3-6,10,17H,7-9H2,1-2H3,(H,18,21). The van der Waals surface area contributed by atoms with Crippen molar-refractivity contribution in [3.8, 4) is 0 Å². The van der Waals surface area contributed by atoms with E-state index in [1.54, 1.807) is 23.5 Å². The summed E-state index contributed by atoms with van der Waals surface area (Å²) in [5.74, 6) is -0.535. The predicted octanol–water partition coefficient (Wildman–Crippen LogP) is 2.32. The summed E-state index contributed by atoms with van der Waals surface area (Å²) in [5.41, 5.74) is 0.0631. The van der Waals surface area contributed by atoms with Gasteiger partial charge < -0.3 is 10.6 Å². The Labute approximate surface area is 133 Å². The maximum atomic E-state index is 13.4. The molecule has 22 heavy (non-hydrogen) atoms. The van der Waals surface area contributed by atoms with Crippen molar-refractivity contribution in [3.05, 3.63) is 45.7 Å². The Bertz CT molecular complexity index is 630. The summed E-state index contributed by atoms with van der Waals surface area (Å²) < 4.78 is 13.4. The Kier molecular flexibility index (Phi) is 5.97. The average molecular weight is 322 g/mol. The van der Waals surface area contributed by atoms with E-state index in [2.05, 4.69) is 34.7 Å². The molecule has 5 nitrogen and oxygen atoms in total. The van der Waals surface area contributed by atoms with Gasteiger partial charge in [-0.05, 0) is 12.1 Å². The van der Waals surface area contributed by atoms with Gasteiger partial charge in [0, 0.05) is 25.6 Å². The van der Waals surface area contributed by atoms with E-state index in [0.29, 0.717) is 25.6 Å². The lowest BCUT2D eigenvalue weighted by Crippen LogP contribution is -2.32. The molecule has 0 aliphatic heterocycles. The molecule has 0 radical (unpaired) electrons. The molecule has 1 amide bonds. The number of hydrogen-bond acceptors (Lipinski definition) is 5. The van der Waals surface area contributed by atoms with Crippen molar-refractivity contribution in [2.24, 2.45) is 0 Å². The van der Waals surface area contributed by atoms with Crippen molar-refractivity contribution >= 4 is 17.2 Å². The second-order valence-corrected chi connectivity index (χ2v) is 6.19. The van der Waals surface area contributed by atoms with Gasteiger partial charge in [-0.25, -0.2) is 4.39 Å². The quantitative estimate of drug-likeness (QED) is 0.768. The zero-order valence-corrected chi connectivity index (χ0v) is 13.4. The summed E-state index contributed by atoms with van der Waals surface area (Å²) >= 11 is 1.58. The van der Waals surface area contributed by atoms with Crippen LogP contribution in [0.1, 0.15) is 40.1 Å². The van der Waals surface area contributed by atoms with Crippen LogP contribution >= 0.6 is 11.3 Å². The Hall–Kier alpha value is -1.86. The minimum Gasteiger partial charge on any atom is -0.351 e. The molecule has 7 heteroatoms. The number of nitrogens with one attached hydrogen (secondary N) is 2. The van der Waals surface area contributed by atoms with E-state index in [0.717, 1.165) is 10.0 Å². The fourth-order valence-electron chi connectivity index (χ4n) is 1.77. The summed E-state index contributed by atoms with van der Waals surface area (Å²) in [5, 5.41) is 16.0. The number of carbonyl (C=O) groups is 1. The van der Waals surface area contributed by atoms with Gasteiger partial charge in [0.25, 0.3) is 5.91 Å². The second-order valence-electron chi connectivity index (χ2n) is 5.10. The Morgan fingerprint density at radius 1 is 1.27 bits per heavy atom. The summed E-state index contributed by atoms with van der Waals surface area (Å²) in [6.45, 7) is 5.77. The summed E-state index contributed by atoms with van der Waals surface area (Å²) in [6, 6.07) is 5.93. The smallest absolute Gasteiger partial charge is 0.254 e. The molecule has 0 bridgehead atoms. The molecule has 0 fully saturated rings. The van der Waals surface area contributed by atoms with E-state index in [-0.39, 0.29) is 5.56 Å². The molecule has 0 saturated heterocycles. The topological polar surface area (TPSA) is 66.9 Å². The van der Waals surface area contributed by atoms with Gasteiger partial charge >= 0.3 is 0 Å². The molecule has 0 aliphatic rings. The van der Waals surface area contributed by atoms with Gasteiger partial charge in [-0.2, -0.15) is 0 Å². The molecule has 2 rings (SSSR count). The van der Waals surface area contributed by atoms with Crippen molar-refractivity contribution in [3.63, 3.8) is 0 Å². The highest BCUT2D eigenvalue weighted by atomic mass is 32.1. The zero-order valence-electron chi connectivity index (χ0n) is 12.6. The van der Waals surface area contributed by atoms with Crippen molar-refractivity contribution in [2.45, 2.75) is 26.3 Å². The van der Waals surface area contributed by atoms with E-state index < -0.39 is 11.7 Å². The first-order valence-corrected chi connectivity index (χ1v) is 7.95. The monoisotopic (exact) mass is 322 g/mol. The first kappa shape index (κ1) is 16.5. The van der Waals surface area contributed by atoms with Crippen LogP contribution in [0.25, 0.3) is 0 Å². The van der Waals surface area contributed by atoms with Crippen LogP contribution in [0.15, 0.2) is 24.3 Å². The average Bonchev–Trinajstić information content (AvgIpc) is 2.96. The van der Waals surface area contributed by atoms with Crippen LogP contribution in [0.5, 0.6) is 0 Å². The highest BCUT2D eigenvalue weighted by Crippen LogP contribution is 2.18. The van der Waals surface area contributed by atoms with Gasteiger partial charge in [0.1, 0.15) is 15.8 Å². The molecule has 1 aromatic carbocycles. The normalized spacial score (nSPS) is 10.9. The van der Waals surface area contributed by atoms with Crippen molar-refractivity contribution in [1.82, 2.24) is 20.8 Å². The van der Waals surface area contributed by atoms with Crippen LogP contribution in [0.3, 0.4) is 0 Å². The predicted molar refractivity (Wildman–Crippen MR) is 84.4 cm³/mol. The molecule has 0 spiro atoms. The molecule has 0 unspecified atom stereocenters. The third-order valence-corrected chi connectivity index (χ3v) is 4.18. The van der Waals surface area contributed by atoms with E-state index >= 15 is 0 Å². The fraction of sp³-hybridized carbons (Fsp3) is 0.400. The van der Waals surface area contributed by atoms with Crippen molar-refractivity contribution < 1.29 is 9.18 Å². The molecule has 118 valence electrons. The van der Waals surface area contributed by atoms with Crippen LogP contribution < -0.4 is 10.6 Å². The second kappa shape index (κ2) is 7.95. The molecule has 1 heterocycles. The number of benzene rings is 1.